The maximum absolute atomic E-state index is 11.9. The van der Waals surface area contributed by atoms with Crippen molar-refractivity contribution in [3.63, 3.8) is 0 Å². The van der Waals surface area contributed by atoms with Crippen LogP contribution in [0.15, 0.2) is 108 Å². The molecule has 0 saturated carbocycles. The molecule has 0 aromatic heterocycles. The highest BCUT2D eigenvalue weighted by Gasteiger charge is 2.78. The normalized spacial score (nSPS) is 12.7. The molecule has 0 saturated heterocycles. The monoisotopic (exact) mass is 612 g/mol. The van der Waals surface area contributed by atoms with E-state index in [0.717, 1.165) is 4.90 Å². The van der Waals surface area contributed by atoms with Gasteiger partial charge < -0.3 is 0 Å². The van der Waals surface area contributed by atoms with Gasteiger partial charge in [0.25, 0.3) is 0 Å². The van der Waals surface area contributed by atoms with Crippen molar-refractivity contribution in [3.05, 3.63) is 103 Å². The molecule has 0 amide bonds. The number of benzene rings is 5. The minimum atomic E-state index is -6.85. The van der Waals surface area contributed by atoms with E-state index in [1.165, 1.54) is 43.8 Å². The number of thiol groups is 1. The van der Waals surface area contributed by atoms with Gasteiger partial charge in [-0.1, -0.05) is 97.1 Å². The second-order valence-corrected chi connectivity index (χ2v) is 10.8. The number of hydrogen-bond acceptors (Lipinski definition) is 3. The van der Waals surface area contributed by atoms with E-state index in [2.05, 4.69) is 103 Å². The highest BCUT2D eigenvalue weighted by Crippen LogP contribution is 2.48. The number of rotatable bonds is 4. The minimum Gasteiger partial charge on any atom is -0.281 e. The van der Waals surface area contributed by atoms with Gasteiger partial charge in [0.2, 0.25) is 0 Å². The number of fused-ring (bicyclic) bond motifs is 2. The lowest BCUT2D eigenvalue weighted by atomic mass is 9.89. The van der Waals surface area contributed by atoms with Crippen molar-refractivity contribution in [2.45, 2.75) is 22.2 Å². The summed E-state index contributed by atoms with van der Waals surface area (Å²) in [6.45, 7) is 0. The molecule has 0 heterocycles. The number of hydrogen-bond donors (Lipinski definition) is 2. The first kappa shape index (κ1) is 30.4. The molecular formula is C29H19F7O3S2. The molecule has 5 rings (SSSR count). The van der Waals surface area contributed by atoms with Gasteiger partial charge in [-0.3, -0.25) is 4.55 Å². The van der Waals surface area contributed by atoms with Gasteiger partial charge in [-0.15, -0.1) is 12.6 Å². The molecule has 0 bridgehead atoms. The standard InChI is InChI=1S/C26H18S.C3HF7O3S/c27-25-17-7-16-24(22-14-5-10-18-8-1-3-12-20(18)22)26(25)23-15-6-11-19-9-2-4-13-21(19)23;4-1(5,2(6,7)8)3(9,10)14(11,12)13/h1-17,27H;(H,11,12,13). The lowest BCUT2D eigenvalue weighted by molar-refractivity contribution is -0.333. The predicted molar refractivity (Wildman–Crippen MR) is 147 cm³/mol. The van der Waals surface area contributed by atoms with Gasteiger partial charge in [0.15, 0.2) is 0 Å². The summed E-state index contributed by atoms with van der Waals surface area (Å²) in [7, 11) is -6.85. The summed E-state index contributed by atoms with van der Waals surface area (Å²) in [4.78, 5) is 0.997. The van der Waals surface area contributed by atoms with Crippen molar-refractivity contribution in [2.24, 2.45) is 0 Å². The number of halogens is 7. The Morgan fingerprint density at radius 3 is 1.46 bits per heavy atom. The molecule has 0 atom stereocenters. The van der Waals surface area contributed by atoms with Crippen LogP contribution in [0.3, 0.4) is 0 Å². The van der Waals surface area contributed by atoms with Crippen molar-refractivity contribution in [1.82, 2.24) is 0 Å². The van der Waals surface area contributed by atoms with E-state index < -0.39 is 27.5 Å². The Labute approximate surface area is 235 Å². The van der Waals surface area contributed by atoms with Gasteiger partial charge in [-0.05, 0) is 44.3 Å². The van der Waals surface area contributed by atoms with Gasteiger partial charge in [-0.2, -0.15) is 39.2 Å². The van der Waals surface area contributed by atoms with Crippen LogP contribution in [0.4, 0.5) is 30.7 Å². The maximum atomic E-state index is 11.9. The van der Waals surface area contributed by atoms with Crippen LogP contribution in [0, 0.1) is 0 Å². The molecule has 41 heavy (non-hydrogen) atoms. The topological polar surface area (TPSA) is 54.4 Å². The van der Waals surface area contributed by atoms with E-state index in [4.69, 9.17) is 17.2 Å². The van der Waals surface area contributed by atoms with E-state index in [9.17, 15) is 39.2 Å². The Bertz CT molecular complexity index is 1830. The van der Waals surface area contributed by atoms with Crippen LogP contribution in [-0.4, -0.2) is 30.3 Å². The van der Waals surface area contributed by atoms with Gasteiger partial charge in [0.05, 0.1) is 0 Å². The molecule has 5 aromatic rings. The van der Waals surface area contributed by atoms with Crippen LogP contribution < -0.4 is 0 Å². The minimum absolute atomic E-state index is 0.997. The summed E-state index contributed by atoms with van der Waals surface area (Å²) in [5.41, 5.74) is 4.87. The third kappa shape index (κ3) is 5.64. The van der Waals surface area contributed by atoms with E-state index in [1.54, 1.807) is 0 Å². The molecule has 0 aliphatic rings. The molecular weight excluding hydrogens is 593 g/mol. The SMILES string of the molecule is O=S(=O)(O)C(F)(F)C(F)(F)C(F)(F)F.Sc1cccc(-c2cccc3ccccc23)c1-c1cccc2ccccc12. The fraction of sp³-hybridized carbons (Fsp3) is 0.103. The Hall–Kier alpha value is -3.61. The van der Waals surface area contributed by atoms with E-state index >= 15 is 0 Å². The van der Waals surface area contributed by atoms with E-state index in [-0.39, 0.29) is 0 Å². The lowest BCUT2D eigenvalue weighted by Crippen LogP contribution is -2.55. The lowest BCUT2D eigenvalue weighted by Gasteiger charge is -2.25. The first-order valence-corrected chi connectivity index (χ1v) is 13.5. The summed E-state index contributed by atoms with van der Waals surface area (Å²) in [5.74, 6) is -6.85. The zero-order valence-electron chi connectivity index (χ0n) is 20.6. The van der Waals surface area contributed by atoms with Gasteiger partial charge in [-0.25, -0.2) is 0 Å². The first-order chi connectivity index (χ1) is 19.1. The highest BCUT2D eigenvalue weighted by atomic mass is 32.2. The van der Waals surface area contributed by atoms with Gasteiger partial charge >= 0.3 is 27.5 Å². The fourth-order valence-corrected chi connectivity index (χ4v) is 5.04. The zero-order chi connectivity index (χ0) is 30.2. The molecule has 0 aliphatic carbocycles. The molecule has 0 aliphatic heterocycles. The molecule has 5 aromatic carbocycles. The van der Waals surface area contributed by atoms with E-state index in [1.807, 2.05) is 0 Å². The molecule has 0 spiro atoms. The Kier molecular flexibility index (Phi) is 8.14. The second kappa shape index (κ2) is 11.0. The first-order valence-electron chi connectivity index (χ1n) is 11.7. The van der Waals surface area contributed by atoms with Crippen LogP contribution >= 0.6 is 12.6 Å². The molecule has 3 nitrogen and oxygen atoms in total. The third-order valence-electron chi connectivity index (χ3n) is 6.23. The average Bonchev–Trinajstić information content (AvgIpc) is 2.91. The predicted octanol–water partition coefficient (Wildman–Crippen LogP) is 9.28. The Morgan fingerprint density at radius 1 is 0.561 bits per heavy atom. The van der Waals surface area contributed by atoms with Crippen molar-refractivity contribution >= 4 is 44.3 Å². The third-order valence-corrected chi connectivity index (χ3v) is 7.50. The van der Waals surface area contributed by atoms with Crippen molar-refractivity contribution in [2.75, 3.05) is 0 Å². The van der Waals surface area contributed by atoms with E-state index in [0.29, 0.717) is 0 Å². The summed E-state index contributed by atoms with van der Waals surface area (Å²) < 4.78 is 108. The van der Waals surface area contributed by atoms with Crippen LogP contribution in [0.25, 0.3) is 43.8 Å². The quantitative estimate of drug-likeness (QED) is 0.121. The average molecular weight is 613 g/mol. The van der Waals surface area contributed by atoms with Crippen molar-refractivity contribution in [1.29, 1.82) is 0 Å². The van der Waals surface area contributed by atoms with Crippen molar-refractivity contribution in [3.8, 4) is 22.3 Å². The molecule has 0 fully saturated rings. The summed E-state index contributed by atoms with van der Waals surface area (Å²) in [6.07, 6.45) is -6.79. The van der Waals surface area contributed by atoms with Crippen LogP contribution in [-0.2, 0) is 10.1 Å². The van der Waals surface area contributed by atoms with Gasteiger partial charge in [0, 0.05) is 10.5 Å². The summed E-state index contributed by atoms with van der Waals surface area (Å²) in [6, 6.07) is 36.5. The molecule has 0 radical (unpaired) electrons. The molecule has 214 valence electrons. The van der Waals surface area contributed by atoms with Crippen LogP contribution in [0.1, 0.15) is 0 Å². The Balaban J connectivity index is 0.000000237. The molecule has 12 heteroatoms. The molecule has 1 N–H and O–H groups in total. The molecule has 0 unspecified atom stereocenters. The highest BCUT2D eigenvalue weighted by molar-refractivity contribution is 7.87. The maximum Gasteiger partial charge on any atom is 0.461 e. The zero-order valence-corrected chi connectivity index (χ0v) is 22.3. The largest absolute Gasteiger partial charge is 0.461 e. The number of alkyl halides is 7. The van der Waals surface area contributed by atoms with Gasteiger partial charge in [0.1, 0.15) is 0 Å². The smallest absolute Gasteiger partial charge is 0.281 e. The Morgan fingerprint density at radius 2 is 0.976 bits per heavy atom. The summed E-state index contributed by atoms with van der Waals surface area (Å²) >= 11 is 4.85. The van der Waals surface area contributed by atoms with Crippen molar-refractivity contribution < 1.29 is 43.7 Å². The second-order valence-electron chi connectivity index (χ2n) is 8.82. The summed E-state index contributed by atoms with van der Waals surface area (Å²) in [5, 5.41) is -1.60. The van der Waals surface area contributed by atoms with Crippen LogP contribution in [0.5, 0.6) is 0 Å². The fourth-order valence-electron chi connectivity index (χ4n) is 4.28. The van der Waals surface area contributed by atoms with Crippen LogP contribution in [0.2, 0.25) is 0 Å².